The lowest BCUT2D eigenvalue weighted by molar-refractivity contribution is 0.233. The Bertz CT molecular complexity index is 372. The maximum atomic E-state index is 5.89. The van der Waals surface area contributed by atoms with Gasteiger partial charge >= 0.3 is 0 Å². The third-order valence-electron chi connectivity index (χ3n) is 3.56. The largest absolute Gasteiger partial charge is 0.313 e. The van der Waals surface area contributed by atoms with Crippen LogP contribution >= 0.6 is 22.9 Å². The Morgan fingerprint density at radius 2 is 2.35 bits per heavy atom. The van der Waals surface area contributed by atoms with E-state index in [1.807, 2.05) is 6.20 Å². The standard InChI is InChI=1S/C12H18ClN3S/c13-12-15-6-11(17-12)8-16(10-3-4-10)7-9-2-1-5-14-9/h6,9-10,14H,1-5,7-8H2/t9-/m1/s1. The van der Waals surface area contributed by atoms with Gasteiger partial charge in [-0.1, -0.05) is 11.6 Å². The quantitative estimate of drug-likeness (QED) is 0.892. The van der Waals surface area contributed by atoms with E-state index in [0.717, 1.165) is 12.6 Å². The molecule has 0 spiro atoms. The second-order valence-corrected chi connectivity index (χ2v) is 6.73. The SMILES string of the molecule is Clc1ncc(CN(C[C@H]2CCCN2)C2CC2)s1. The lowest BCUT2D eigenvalue weighted by atomic mass is 10.2. The van der Waals surface area contributed by atoms with Crippen molar-refractivity contribution in [1.29, 1.82) is 0 Å². The van der Waals surface area contributed by atoms with Gasteiger partial charge in [-0.15, -0.1) is 11.3 Å². The zero-order chi connectivity index (χ0) is 11.7. The Kier molecular flexibility index (Phi) is 3.66. The molecule has 5 heteroatoms. The summed E-state index contributed by atoms with van der Waals surface area (Å²) in [5.74, 6) is 0. The van der Waals surface area contributed by atoms with Gasteiger partial charge in [-0.2, -0.15) is 0 Å². The maximum absolute atomic E-state index is 5.89. The van der Waals surface area contributed by atoms with Crippen molar-refractivity contribution in [3.8, 4) is 0 Å². The van der Waals surface area contributed by atoms with Crippen LogP contribution in [-0.4, -0.2) is 35.1 Å². The van der Waals surface area contributed by atoms with Gasteiger partial charge in [0.15, 0.2) is 4.47 Å². The number of nitrogens with one attached hydrogen (secondary N) is 1. The second-order valence-electron chi connectivity index (χ2n) is 5.03. The van der Waals surface area contributed by atoms with Crippen LogP contribution in [0, 0.1) is 0 Å². The summed E-state index contributed by atoms with van der Waals surface area (Å²) in [6.07, 6.45) is 7.30. The van der Waals surface area contributed by atoms with Gasteiger partial charge < -0.3 is 5.32 Å². The normalized spacial score (nSPS) is 24.7. The number of rotatable bonds is 5. The van der Waals surface area contributed by atoms with Crippen molar-refractivity contribution in [1.82, 2.24) is 15.2 Å². The zero-order valence-electron chi connectivity index (χ0n) is 9.86. The summed E-state index contributed by atoms with van der Waals surface area (Å²) < 4.78 is 0.662. The summed E-state index contributed by atoms with van der Waals surface area (Å²) in [6.45, 7) is 3.39. The van der Waals surface area contributed by atoms with E-state index >= 15 is 0 Å². The van der Waals surface area contributed by atoms with Gasteiger partial charge in [0.25, 0.3) is 0 Å². The molecule has 0 aromatic carbocycles. The third kappa shape index (κ3) is 3.19. The van der Waals surface area contributed by atoms with Gasteiger partial charge in [-0.25, -0.2) is 4.98 Å². The molecule has 17 heavy (non-hydrogen) atoms. The van der Waals surface area contributed by atoms with Gasteiger partial charge in [0.05, 0.1) is 0 Å². The van der Waals surface area contributed by atoms with Crippen molar-refractivity contribution in [2.75, 3.05) is 13.1 Å². The number of halogens is 1. The van der Waals surface area contributed by atoms with Crippen LogP contribution in [0.3, 0.4) is 0 Å². The first-order chi connectivity index (χ1) is 8.31. The van der Waals surface area contributed by atoms with Crippen LogP contribution in [0.1, 0.15) is 30.6 Å². The molecule has 1 atom stereocenters. The molecule has 3 rings (SSSR count). The van der Waals surface area contributed by atoms with Gasteiger partial charge in [-0.3, -0.25) is 4.90 Å². The molecule has 0 bridgehead atoms. The smallest absolute Gasteiger partial charge is 0.183 e. The first kappa shape index (κ1) is 11.9. The van der Waals surface area contributed by atoms with Crippen LogP contribution < -0.4 is 5.32 Å². The molecule has 0 amide bonds. The Morgan fingerprint density at radius 1 is 1.47 bits per heavy atom. The summed E-state index contributed by atoms with van der Waals surface area (Å²) in [4.78, 5) is 8.02. The van der Waals surface area contributed by atoms with E-state index in [1.54, 1.807) is 11.3 Å². The molecular formula is C12H18ClN3S. The van der Waals surface area contributed by atoms with Gasteiger partial charge in [0.1, 0.15) is 0 Å². The Morgan fingerprint density at radius 3 is 2.94 bits per heavy atom. The number of hydrogen-bond acceptors (Lipinski definition) is 4. The molecule has 1 saturated carbocycles. The molecule has 1 aliphatic carbocycles. The fraction of sp³-hybridized carbons (Fsp3) is 0.750. The lowest BCUT2D eigenvalue weighted by Gasteiger charge is -2.24. The number of hydrogen-bond donors (Lipinski definition) is 1. The average Bonchev–Trinajstić information content (AvgIpc) is 2.89. The van der Waals surface area contributed by atoms with E-state index in [1.165, 1.54) is 43.6 Å². The van der Waals surface area contributed by atoms with Crippen LogP contribution in [0.15, 0.2) is 6.20 Å². The van der Waals surface area contributed by atoms with Crippen LogP contribution in [-0.2, 0) is 6.54 Å². The van der Waals surface area contributed by atoms with Crippen molar-refractivity contribution >= 4 is 22.9 Å². The lowest BCUT2D eigenvalue weighted by Crippen LogP contribution is -2.38. The molecule has 1 aromatic heterocycles. The molecular weight excluding hydrogens is 254 g/mol. The highest BCUT2D eigenvalue weighted by Gasteiger charge is 2.31. The highest BCUT2D eigenvalue weighted by molar-refractivity contribution is 7.15. The molecule has 1 aromatic rings. The molecule has 0 unspecified atom stereocenters. The van der Waals surface area contributed by atoms with E-state index in [4.69, 9.17) is 11.6 Å². The fourth-order valence-corrected chi connectivity index (χ4v) is 3.54. The third-order valence-corrected chi connectivity index (χ3v) is 4.66. The Balaban J connectivity index is 1.59. The topological polar surface area (TPSA) is 28.2 Å². The minimum Gasteiger partial charge on any atom is -0.313 e. The molecule has 1 aliphatic heterocycles. The van der Waals surface area contributed by atoms with E-state index in [9.17, 15) is 0 Å². The Labute approximate surface area is 111 Å². The van der Waals surface area contributed by atoms with Crippen molar-refractivity contribution in [2.45, 2.75) is 44.3 Å². The van der Waals surface area contributed by atoms with Crippen LogP contribution in [0.5, 0.6) is 0 Å². The minimum absolute atomic E-state index is 0.662. The first-order valence-corrected chi connectivity index (χ1v) is 7.58. The molecule has 1 N–H and O–H groups in total. The summed E-state index contributed by atoms with van der Waals surface area (Å²) in [5.41, 5.74) is 0. The number of thiazole rings is 1. The minimum atomic E-state index is 0.662. The van der Waals surface area contributed by atoms with E-state index in [0.29, 0.717) is 10.5 Å². The van der Waals surface area contributed by atoms with Gasteiger partial charge in [-0.05, 0) is 32.2 Å². The van der Waals surface area contributed by atoms with Crippen molar-refractivity contribution in [3.05, 3.63) is 15.5 Å². The van der Waals surface area contributed by atoms with E-state index in [2.05, 4.69) is 15.2 Å². The monoisotopic (exact) mass is 271 g/mol. The number of aromatic nitrogens is 1. The van der Waals surface area contributed by atoms with E-state index < -0.39 is 0 Å². The molecule has 2 aliphatic rings. The zero-order valence-corrected chi connectivity index (χ0v) is 11.4. The van der Waals surface area contributed by atoms with Gasteiger partial charge in [0.2, 0.25) is 0 Å². The Hall–Kier alpha value is -0.160. The fourth-order valence-electron chi connectivity index (χ4n) is 2.53. The van der Waals surface area contributed by atoms with Crippen molar-refractivity contribution in [2.24, 2.45) is 0 Å². The summed E-state index contributed by atoms with van der Waals surface area (Å²) in [6, 6.07) is 1.50. The average molecular weight is 272 g/mol. The predicted octanol–water partition coefficient (Wildman–Crippen LogP) is 2.51. The molecule has 2 heterocycles. The maximum Gasteiger partial charge on any atom is 0.183 e. The summed E-state index contributed by atoms with van der Waals surface area (Å²) >= 11 is 7.50. The summed E-state index contributed by atoms with van der Waals surface area (Å²) in [5, 5.41) is 3.58. The molecule has 94 valence electrons. The number of nitrogens with zero attached hydrogens (tertiary/aromatic N) is 2. The van der Waals surface area contributed by atoms with Crippen LogP contribution in [0.25, 0.3) is 0 Å². The van der Waals surface area contributed by atoms with E-state index in [-0.39, 0.29) is 0 Å². The summed E-state index contributed by atoms with van der Waals surface area (Å²) in [7, 11) is 0. The predicted molar refractivity (Wildman–Crippen MR) is 71.6 cm³/mol. The van der Waals surface area contributed by atoms with Crippen LogP contribution in [0.2, 0.25) is 4.47 Å². The molecule has 3 nitrogen and oxygen atoms in total. The van der Waals surface area contributed by atoms with Gasteiger partial charge in [0, 0.05) is 36.2 Å². The first-order valence-electron chi connectivity index (χ1n) is 6.39. The van der Waals surface area contributed by atoms with Crippen molar-refractivity contribution < 1.29 is 0 Å². The highest BCUT2D eigenvalue weighted by atomic mass is 35.5. The van der Waals surface area contributed by atoms with Crippen LogP contribution in [0.4, 0.5) is 0 Å². The second kappa shape index (κ2) is 5.22. The molecule has 0 radical (unpaired) electrons. The molecule has 2 fully saturated rings. The highest BCUT2D eigenvalue weighted by Crippen LogP contribution is 2.30. The molecule has 1 saturated heterocycles. The van der Waals surface area contributed by atoms with Crippen molar-refractivity contribution in [3.63, 3.8) is 0 Å².